The molecule has 0 heterocycles. The highest BCUT2D eigenvalue weighted by molar-refractivity contribution is 8.02. The van der Waals surface area contributed by atoms with E-state index in [1.165, 1.54) is 0 Å². The van der Waals surface area contributed by atoms with Crippen LogP contribution in [0.5, 0.6) is 0 Å². The molecule has 0 saturated heterocycles. The lowest BCUT2D eigenvalue weighted by Gasteiger charge is -2.01. The quantitative estimate of drug-likeness (QED) is 0.829. The molecule has 0 unspecified atom stereocenters. The summed E-state index contributed by atoms with van der Waals surface area (Å²) in [6.07, 6.45) is 3.85. The van der Waals surface area contributed by atoms with Gasteiger partial charge in [0.2, 0.25) is 0 Å². The first-order chi connectivity index (χ1) is 6.65. The Hall–Kier alpha value is -1.22. The van der Waals surface area contributed by atoms with Crippen LogP contribution in [0.4, 0.5) is 0 Å². The molecular formula is C11H12O2S. The Morgan fingerprint density at radius 1 is 1.43 bits per heavy atom. The van der Waals surface area contributed by atoms with Crippen LogP contribution in [0.3, 0.4) is 0 Å². The molecule has 0 atom stereocenters. The van der Waals surface area contributed by atoms with Gasteiger partial charge in [-0.25, -0.2) is 4.79 Å². The zero-order valence-corrected chi connectivity index (χ0v) is 8.97. The van der Waals surface area contributed by atoms with Crippen LogP contribution in [0.15, 0.2) is 29.2 Å². The lowest BCUT2D eigenvalue weighted by Crippen LogP contribution is -1.98. The highest BCUT2D eigenvalue weighted by Crippen LogP contribution is 2.18. The summed E-state index contributed by atoms with van der Waals surface area (Å²) in [6.45, 7) is 1.96. The number of aromatic carboxylic acids is 1. The van der Waals surface area contributed by atoms with E-state index in [1.807, 2.05) is 31.4 Å². The van der Waals surface area contributed by atoms with Crippen LogP contribution in [0.2, 0.25) is 0 Å². The number of carbonyl (C=O) groups is 1. The molecule has 74 valence electrons. The first kappa shape index (κ1) is 10.9. The van der Waals surface area contributed by atoms with Gasteiger partial charge in [0.15, 0.2) is 0 Å². The number of carboxylic acid groups (broad SMARTS) is 1. The van der Waals surface area contributed by atoms with Crippen molar-refractivity contribution in [1.29, 1.82) is 0 Å². The van der Waals surface area contributed by atoms with E-state index in [-0.39, 0.29) is 0 Å². The second-order valence-electron chi connectivity index (χ2n) is 2.85. The number of hydrogen-bond acceptors (Lipinski definition) is 2. The number of carboxylic acids is 1. The number of thioether (sulfide) groups is 1. The van der Waals surface area contributed by atoms with Crippen molar-refractivity contribution in [2.45, 2.75) is 6.92 Å². The third kappa shape index (κ3) is 2.64. The molecule has 0 aromatic heterocycles. The largest absolute Gasteiger partial charge is 0.478 e. The first-order valence-electron chi connectivity index (χ1n) is 4.19. The summed E-state index contributed by atoms with van der Waals surface area (Å²) in [6, 6.07) is 6.99. The fourth-order valence-corrected chi connectivity index (χ4v) is 1.34. The van der Waals surface area contributed by atoms with Crippen LogP contribution in [0.25, 0.3) is 6.08 Å². The van der Waals surface area contributed by atoms with Crippen LogP contribution < -0.4 is 0 Å². The molecule has 1 aromatic rings. The van der Waals surface area contributed by atoms with Gasteiger partial charge in [0.05, 0.1) is 5.56 Å². The number of allylic oxidation sites excluding steroid dienone is 1. The van der Waals surface area contributed by atoms with E-state index in [1.54, 1.807) is 23.9 Å². The van der Waals surface area contributed by atoms with E-state index < -0.39 is 5.97 Å². The molecule has 3 heteroatoms. The Balaban J connectivity index is 3.14. The van der Waals surface area contributed by atoms with Gasteiger partial charge in [-0.1, -0.05) is 18.2 Å². The SMILES string of the molecule is CSC(C)=Cc1ccccc1C(=O)O. The van der Waals surface area contributed by atoms with Gasteiger partial charge in [-0.2, -0.15) is 0 Å². The standard InChI is InChI=1S/C11H12O2S/c1-8(14-2)7-9-5-3-4-6-10(9)11(12)13/h3-7H,1-2H3,(H,12,13). The van der Waals surface area contributed by atoms with Gasteiger partial charge in [0, 0.05) is 0 Å². The molecule has 0 radical (unpaired) electrons. The Bertz CT molecular complexity index is 369. The van der Waals surface area contributed by atoms with Crippen molar-refractivity contribution in [2.75, 3.05) is 6.26 Å². The highest BCUT2D eigenvalue weighted by Gasteiger charge is 2.06. The van der Waals surface area contributed by atoms with Gasteiger partial charge in [-0.3, -0.25) is 0 Å². The fraction of sp³-hybridized carbons (Fsp3) is 0.182. The van der Waals surface area contributed by atoms with Crippen molar-refractivity contribution in [3.05, 3.63) is 40.3 Å². The number of benzene rings is 1. The van der Waals surface area contributed by atoms with Crippen LogP contribution in [-0.4, -0.2) is 17.3 Å². The summed E-state index contributed by atoms with van der Waals surface area (Å²) in [5.74, 6) is -0.884. The number of rotatable bonds is 3. The molecule has 1 rings (SSSR count). The smallest absolute Gasteiger partial charge is 0.336 e. The molecule has 0 saturated carbocycles. The predicted molar refractivity (Wildman–Crippen MR) is 60.6 cm³/mol. The van der Waals surface area contributed by atoms with Crippen molar-refractivity contribution in [2.24, 2.45) is 0 Å². The van der Waals surface area contributed by atoms with E-state index in [9.17, 15) is 4.79 Å². The Morgan fingerprint density at radius 3 is 2.64 bits per heavy atom. The lowest BCUT2D eigenvalue weighted by atomic mass is 10.1. The van der Waals surface area contributed by atoms with Gasteiger partial charge in [0.25, 0.3) is 0 Å². The molecule has 1 N–H and O–H groups in total. The first-order valence-corrected chi connectivity index (χ1v) is 5.42. The van der Waals surface area contributed by atoms with Gasteiger partial charge >= 0.3 is 5.97 Å². The van der Waals surface area contributed by atoms with Gasteiger partial charge in [0.1, 0.15) is 0 Å². The lowest BCUT2D eigenvalue weighted by molar-refractivity contribution is 0.0696. The number of hydrogen-bond donors (Lipinski definition) is 1. The minimum absolute atomic E-state index is 0.348. The zero-order valence-electron chi connectivity index (χ0n) is 8.15. The van der Waals surface area contributed by atoms with Crippen molar-refractivity contribution < 1.29 is 9.90 Å². The summed E-state index contributed by atoms with van der Waals surface area (Å²) in [7, 11) is 0. The Kier molecular flexibility index (Phi) is 3.77. The van der Waals surface area contributed by atoms with E-state index in [0.717, 1.165) is 10.5 Å². The summed E-state index contributed by atoms with van der Waals surface area (Å²) < 4.78 is 0. The van der Waals surface area contributed by atoms with Crippen molar-refractivity contribution in [3.63, 3.8) is 0 Å². The third-order valence-corrected chi connectivity index (χ3v) is 2.63. The maximum atomic E-state index is 10.9. The molecule has 0 aliphatic carbocycles. The summed E-state index contributed by atoms with van der Waals surface area (Å²) in [5, 5.41) is 8.92. The molecule has 1 aromatic carbocycles. The van der Waals surface area contributed by atoms with E-state index in [2.05, 4.69) is 0 Å². The fourth-order valence-electron chi connectivity index (χ4n) is 1.10. The molecular weight excluding hydrogens is 196 g/mol. The molecule has 0 aliphatic rings. The molecule has 14 heavy (non-hydrogen) atoms. The van der Waals surface area contributed by atoms with E-state index in [0.29, 0.717) is 5.56 Å². The topological polar surface area (TPSA) is 37.3 Å². The minimum Gasteiger partial charge on any atom is -0.478 e. The third-order valence-electron chi connectivity index (χ3n) is 1.87. The Labute approximate surface area is 87.6 Å². The zero-order chi connectivity index (χ0) is 10.6. The van der Waals surface area contributed by atoms with Crippen LogP contribution in [0, 0.1) is 0 Å². The monoisotopic (exact) mass is 208 g/mol. The van der Waals surface area contributed by atoms with Gasteiger partial charge in [-0.05, 0) is 35.8 Å². The molecule has 0 amide bonds. The second-order valence-corrected chi connectivity index (χ2v) is 3.90. The van der Waals surface area contributed by atoms with E-state index in [4.69, 9.17) is 5.11 Å². The van der Waals surface area contributed by atoms with Crippen molar-refractivity contribution in [3.8, 4) is 0 Å². The summed E-state index contributed by atoms with van der Waals surface area (Å²) >= 11 is 1.61. The highest BCUT2D eigenvalue weighted by atomic mass is 32.2. The minimum atomic E-state index is -0.884. The average Bonchev–Trinajstić information content (AvgIpc) is 2.18. The van der Waals surface area contributed by atoms with Crippen molar-refractivity contribution >= 4 is 23.8 Å². The van der Waals surface area contributed by atoms with Crippen LogP contribution in [0.1, 0.15) is 22.8 Å². The molecule has 0 spiro atoms. The molecule has 0 bridgehead atoms. The average molecular weight is 208 g/mol. The maximum Gasteiger partial charge on any atom is 0.336 e. The van der Waals surface area contributed by atoms with E-state index >= 15 is 0 Å². The Morgan fingerprint density at radius 2 is 2.07 bits per heavy atom. The summed E-state index contributed by atoms with van der Waals surface area (Å²) in [5.41, 5.74) is 1.10. The predicted octanol–water partition coefficient (Wildman–Crippen LogP) is 3.11. The van der Waals surface area contributed by atoms with Gasteiger partial charge in [-0.15, -0.1) is 11.8 Å². The van der Waals surface area contributed by atoms with Crippen molar-refractivity contribution in [1.82, 2.24) is 0 Å². The second kappa shape index (κ2) is 4.86. The van der Waals surface area contributed by atoms with Gasteiger partial charge < -0.3 is 5.11 Å². The molecule has 0 fully saturated rings. The molecule has 0 aliphatic heterocycles. The molecule has 2 nitrogen and oxygen atoms in total. The van der Waals surface area contributed by atoms with Crippen LogP contribution in [-0.2, 0) is 0 Å². The van der Waals surface area contributed by atoms with Crippen LogP contribution >= 0.6 is 11.8 Å². The summed E-state index contributed by atoms with van der Waals surface area (Å²) in [4.78, 5) is 12.0. The maximum absolute atomic E-state index is 10.9. The normalized spacial score (nSPS) is 11.4.